The molecule has 180 valence electrons. The summed E-state index contributed by atoms with van der Waals surface area (Å²) in [5.74, 6) is -2.58. The SMILES string of the molecule is C=CCCC(NC(=O)C(CC(F)F)NC(=O)OCC1c2ccccc2-c2ccccc21)C(=O)O. The number of aliphatic carboxylic acids is 1. The zero-order valence-corrected chi connectivity index (χ0v) is 18.4. The third-order valence-electron chi connectivity index (χ3n) is 5.64. The standard InChI is InChI=1S/C25H26F2N2O5/c1-2-3-12-20(24(31)32)28-23(30)21(13-22(26)27)29-25(33)34-14-19-17-10-6-4-8-15(17)16-9-5-7-11-18(16)19/h2,4-11,19-22H,1,3,12-14H2,(H,28,30)(H,29,33)(H,31,32). The Balaban J connectivity index is 1.66. The minimum absolute atomic E-state index is 0.0386. The molecule has 0 aliphatic heterocycles. The highest BCUT2D eigenvalue weighted by atomic mass is 19.3. The molecule has 0 bridgehead atoms. The van der Waals surface area contributed by atoms with Gasteiger partial charge in [-0.15, -0.1) is 6.58 Å². The zero-order valence-electron chi connectivity index (χ0n) is 18.4. The normalized spacial score (nSPS) is 14.0. The van der Waals surface area contributed by atoms with Crippen molar-refractivity contribution in [1.29, 1.82) is 0 Å². The van der Waals surface area contributed by atoms with E-state index < -0.39 is 42.9 Å². The van der Waals surface area contributed by atoms with Crippen LogP contribution in [0.5, 0.6) is 0 Å². The molecule has 0 heterocycles. The van der Waals surface area contributed by atoms with Gasteiger partial charge in [-0.2, -0.15) is 0 Å². The Morgan fingerprint density at radius 2 is 1.59 bits per heavy atom. The van der Waals surface area contributed by atoms with Crippen LogP contribution < -0.4 is 10.6 Å². The number of amides is 2. The molecule has 2 aromatic carbocycles. The molecule has 0 fully saturated rings. The van der Waals surface area contributed by atoms with E-state index in [9.17, 15) is 28.3 Å². The van der Waals surface area contributed by atoms with E-state index in [0.717, 1.165) is 22.3 Å². The Hall–Kier alpha value is -3.75. The summed E-state index contributed by atoms with van der Waals surface area (Å²) in [7, 11) is 0. The Labute approximate surface area is 195 Å². The van der Waals surface area contributed by atoms with E-state index in [-0.39, 0.29) is 18.9 Å². The van der Waals surface area contributed by atoms with Crippen LogP contribution >= 0.6 is 0 Å². The van der Waals surface area contributed by atoms with Gasteiger partial charge in [0.15, 0.2) is 0 Å². The number of hydrogen-bond donors (Lipinski definition) is 3. The summed E-state index contributed by atoms with van der Waals surface area (Å²) in [6, 6.07) is 12.5. The summed E-state index contributed by atoms with van der Waals surface area (Å²) in [6.07, 6.45) is -3.10. The highest BCUT2D eigenvalue weighted by molar-refractivity contribution is 5.89. The Bertz CT molecular complexity index is 1010. The number of fused-ring (bicyclic) bond motifs is 3. The van der Waals surface area contributed by atoms with E-state index in [0.29, 0.717) is 6.42 Å². The molecule has 7 nitrogen and oxygen atoms in total. The number of benzene rings is 2. The molecule has 0 saturated carbocycles. The molecule has 1 aliphatic carbocycles. The fraction of sp³-hybridized carbons (Fsp3) is 0.320. The zero-order chi connectivity index (χ0) is 24.7. The van der Waals surface area contributed by atoms with Crippen LogP contribution in [0.4, 0.5) is 13.6 Å². The molecular formula is C25H26F2N2O5. The summed E-state index contributed by atoms with van der Waals surface area (Å²) in [5.41, 5.74) is 4.01. The van der Waals surface area contributed by atoms with E-state index >= 15 is 0 Å². The molecule has 0 saturated heterocycles. The smallest absolute Gasteiger partial charge is 0.407 e. The van der Waals surface area contributed by atoms with Crippen LogP contribution in [0.1, 0.15) is 36.3 Å². The van der Waals surface area contributed by atoms with Gasteiger partial charge in [0, 0.05) is 12.3 Å². The maximum Gasteiger partial charge on any atom is 0.407 e. The molecule has 34 heavy (non-hydrogen) atoms. The molecule has 2 amide bonds. The minimum atomic E-state index is -2.90. The number of nitrogens with one attached hydrogen (secondary N) is 2. The van der Waals surface area contributed by atoms with Crippen LogP contribution in [0.2, 0.25) is 0 Å². The summed E-state index contributed by atoms with van der Waals surface area (Å²) in [6.45, 7) is 3.43. The van der Waals surface area contributed by atoms with Gasteiger partial charge in [0.05, 0.1) is 0 Å². The van der Waals surface area contributed by atoms with Gasteiger partial charge in [-0.1, -0.05) is 54.6 Å². The minimum Gasteiger partial charge on any atom is -0.480 e. The average molecular weight is 472 g/mol. The predicted molar refractivity (Wildman–Crippen MR) is 122 cm³/mol. The summed E-state index contributed by atoms with van der Waals surface area (Å²) < 4.78 is 31.4. The van der Waals surface area contributed by atoms with Gasteiger partial charge in [-0.05, 0) is 35.1 Å². The molecule has 0 spiro atoms. The second kappa shape index (κ2) is 11.4. The maximum atomic E-state index is 13.1. The number of alkyl halides is 2. The lowest BCUT2D eigenvalue weighted by Crippen LogP contribution is -2.52. The number of carboxylic acids is 1. The van der Waals surface area contributed by atoms with Gasteiger partial charge < -0.3 is 20.5 Å². The van der Waals surface area contributed by atoms with Gasteiger partial charge in [0.2, 0.25) is 12.3 Å². The molecule has 0 aromatic heterocycles. The number of halogens is 2. The summed E-state index contributed by atoms with van der Waals surface area (Å²) >= 11 is 0. The molecular weight excluding hydrogens is 446 g/mol. The first kappa shape index (κ1) is 24.9. The number of carboxylic acid groups (broad SMARTS) is 1. The molecule has 2 unspecified atom stereocenters. The van der Waals surface area contributed by atoms with Crippen molar-refractivity contribution in [2.24, 2.45) is 0 Å². The first-order chi connectivity index (χ1) is 16.3. The third-order valence-corrected chi connectivity index (χ3v) is 5.64. The van der Waals surface area contributed by atoms with Crippen LogP contribution in [0.3, 0.4) is 0 Å². The Morgan fingerprint density at radius 1 is 1.00 bits per heavy atom. The summed E-state index contributed by atoms with van der Waals surface area (Å²) in [5, 5.41) is 13.6. The van der Waals surface area contributed by atoms with Crippen molar-refractivity contribution in [1.82, 2.24) is 10.6 Å². The molecule has 2 atom stereocenters. The maximum absolute atomic E-state index is 13.1. The molecule has 3 N–H and O–H groups in total. The van der Waals surface area contributed by atoms with Gasteiger partial charge in [0.1, 0.15) is 18.7 Å². The third kappa shape index (κ3) is 5.98. The monoisotopic (exact) mass is 472 g/mol. The number of carbonyl (C=O) groups is 3. The quantitative estimate of drug-likeness (QED) is 0.428. The molecule has 1 aliphatic rings. The van der Waals surface area contributed by atoms with Crippen molar-refractivity contribution in [3.05, 3.63) is 72.3 Å². The van der Waals surface area contributed by atoms with Crippen molar-refractivity contribution < 1.29 is 33.0 Å². The van der Waals surface area contributed by atoms with Gasteiger partial charge in [0.25, 0.3) is 0 Å². The van der Waals surface area contributed by atoms with E-state index in [1.54, 1.807) is 0 Å². The highest BCUT2D eigenvalue weighted by Gasteiger charge is 2.31. The Kier molecular flexibility index (Phi) is 8.34. The number of allylic oxidation sites excluding steroid dienone is 1. The first-order valence-electron chi connectivity index (χ1n) is 10.9. The number of ether oxygens (including phenoxy) is 1. The van der Waals surface area contributed by atoms with Gasteiger partial charge >= 0.3 is 12.1 Å². The van der Waals surface area contributed by atoms with E-state index in [1.807, 2.05) is 48.5 Å². The average Bonchev–Trinajstić information content (AvgIpc) is 3.13. The fourth-order valence-electron chi connectivity index (χ4n) is 4.01. The van der Waals surface area contributed by atoms with Crippen molar-refractivity contribution in [2.45, 2.75) is 43.7 Å². The lowest BCUT2D eigenvalue weighted by molar-refractivity contribution is -0.142. The number of carbonyl (C=O) groups excluding carboxylic acids is 2. The van der Waals surface area contributed by atoms with Crippen LogP contribution in [0.25, 0.3) is 11.1 Å². The van der Waals surface area contributed by atoms with Crippen molar-refractivity contribution in [3.63, 3.8) is 0 Å². The van der Waals surface area contributed by atoms with Crippen molar-refractivity contribution >= 4 is 18.0 Å². The second-order valence-corrected chi connectivity index (χ2v) is 7.91. The van der Waals surface area contributed by atoms with E-state index in [1.165, 1.54) is 6.08 Å². The number of rotatable bonds is 11. The lowest BCUT2D eigenvalue weighted by Gasteiger charge is -2.21. The van der Waals surface area contributed by atoms with Crippen molar-refractivity contribution in [2.75, 3.05) is 6.61 Å². The van der Waals surface area contributed by atoms with Crippen LogP contribution in [-0.2, 0) is 14.3 Å². The second-order valence-electron chi connectivity index (χ2n) is 7.91. The van der Waals surface area contributed by atoms with Crippen LogP contribution in [0, 0.1) is 0 Å². The predicted octanol–water partition coefficient (Wildman–Crippen LogP) is 4.08. The van der Waals surface area contributed by atoms with Crippen LogP contribution in [0.15, 0.2) is 61.2 Å². The Morgan fingerprint density at radius 3 is 2.12 bits per heavy atom. The first-order valence-corrected chi connectivity index (χ1v) is 10.9. The number of hydrogen-bond acceptors (Lipinski definition) is 4. The topological polar surface area (TPSA) is 105 Å². The highest BCUT2D eigenvalue weighted by Crippen LogP contribution is 2.44. The van der Waals surface area contributed by atoms with E-state index in [4.69, 9.17) is 4.74 Å². The lowest BCUT2D eigenvalue weighted by atomic mass is 9.98. The molecule has 0 radical (unpaired) electrons. The summed E-state index contributed by atoms with van der Waals surface area (Å²) in [4.78, 5) is 36.2. The molecule has 3 rings (SSSR count). The fourth-order valence-corrected chi connectivity index (χ4v) is 4.01. The number of alkyl carbamates (subject to hydrolysis) is 1. The van der Waals surface area contributed by atoms with E-state index in [2.05, 4.69) is 17.2 Å². The van der Waals surface area contributed by atoms with Gasteiger partial charge in [-0.3, -0.25) is 4.79 Å². The molecule has 9 heteroatoms. The van der Waals surface area contributed by atoms with Crippen LogP contribution in [-0.4, -0.2) is 48.2 Å². The molecule has 2 aromatic rings. The largest absolute Gasteiger partial charge is 0.480 e. The van der Waals surface area contributed by atoms with Crippen molar-refractivity contribution in [3.8, 4) is 11.1 Å². The van der Waals surface area contributed by atoms with Gasteiger partial charge in [-0.25, -0.2) is 18.4 Å².